The molecule has 0 aromatic rings. The van der Waals surface area contributed by atoms with Crippen molar-refractivity contribution in [2.75, 3.05) is 0 Å². The van der Waals surface area contributed by atoms with Gasteiger partial charge in [-0.2, -0.15) is 0 Å². The molecule has 0 rings (SSSR count). The van der Waals surface area contributed by atoms with E-state index in [9.17, 15) is 0 Å². The molecule has 0 nitrogen and oxygen atoms in total. The molecule has 1 radical (unpaired) electrons. The molecule has 0 amide bonds. The second kappa shape index (κ2) is 156. The fraction of sp³-hybridized carbons (Fsp3) is 0. The van der Waals surface area contributed by atoms with Crippen molar-refractivity contribution in [2.24, 2.45) is 0 Å². The molecule has 0 atom stereocenters. The summed E-state index contributed by atoms with van der Waals surface area (Å²) in [7, 11) is 0. The van der Waals surface area contributed by atoms with Gasteiger partial charge in [-0.25, -0.2) is 0 Å². The van der Waals surface area contributed by atoms with E-state index in [-0.39, 0.29) is 17.1 Å². The van der Waals surface area contributed by atoms with E-state index in [1.807, 2.05) is 0 Å². The molecule has 53 valence electrons. The van der Waals surface area contributed by atoms with Crippen LogP contribution >= 0.6 is 34.8 Å². The number of rotatable bonds is 0. The van der Waals surface area contributed by atoms with E-state index in [1.54, 1.807) is 0 Å². The van der Waals surface area contributed by atoms with Gasteiger partial charge in [-0.05, 0) is 0 Å². The van der Waals surface area contributed by atoms with E-state index >= 15 is 0 Å². The van der Waals surface area contributed by atoms with Gasteiger partial charge in [0, 0.05) is 17.1 Å². The Hall–Kier alpha value is 1.39. The third kappa shape index (κ3) is 111. The van der Waals surface area contributed by atoms with Crippen molar-refractivity contribution in [1.29, 1.82) is 0 Å². The SMILES string of the molecule is [CH2-]Cl.[CH2-]Cl.[CH2-]Cl.[Cu]. The first-order valence-electron chi connectivity index (χ1n) is 0.802. The second-order valence-corrected chi connectivity index (χ2v) is 0. The maximum absolute atomic E-state index is 4.39. The molecule has 0 aliphatic heterocycles. The smallest absolute Gasteiger partial charge is 0 e. The molecule has 0 saturated heterocycles. The first kappa shape index (κ1) is 23.8. The van der Waals surface area contributed by atoms with Gasteiger partial charge < -0.3 is 34.8 Å². The van der Waals surface area contributed by atoms with Crippen LogP contribution in [0.2, 0.25) is 0 Å². The summed E-state index contributed by atoms with van der Waals surface area (Å²) < 4.78 is 0. The van der Waals surface area contributed by atoms with Crippen molar-refractivity contribution in [3.63, 3.8) is 0 Å². The molecule has 0 bridgehead atoms. The van der Waals surface area contributed by atoms with Gasteiger partial charge in [0.25, 0.3) is 0 Å². The molecule has 0 heterocycles. The predicted octanol–water partition coefficient (Wildman–Crippen LogP) is 3.05. The van der Waals surface area contributed by atoms with Crippen molar-refractivity contribution < 1.29 is 17.1 Å². The molecule has 0 spiro atoms. The summed E-state index contributed by atoms with van der Waals surface area (Å²) in [5.41, 5.74) is 0. The van der Waals surface area contributed by atoms with Crippen LogP contribution in [0.15, 0.2) is 0 Å². The Morgan fingerprint density at radius 1 is 0.571 bits per heavy atom. The van der Waals surface area contributed by atoms with Crippen molar-refractivity contribution in [3.05, 3.63) is 19.1 Å². The summed E-state index contributed by atoms with van der Waals surface area (Å²) >= 11 is 13.2. The number of hydrogen-bond donors (Lipinski definition) is 0. The Morgan fingerprint density at radius 2 is 0.571 bits per heavy atom. The summed E-state index contributed by atoms with van der Waals surface area (Å²) in [6, 6.07) is 0. The van der Waals surface area contributed by atoms with Gasteiger partial charge in [0.1, 0.15) is 0 Å². The van der Waals surface area contributed by atoms with Gasteiger partial charge in [-0.1, -0.05) is 0 Å². The molecular weight excluding hydrogens is 206 g/mol. The first-order chi connectivity index (χ1) is 3.00. The van der Waals surface area contributed by atoms with Crippen LogP contribution in [-0.4, -0.2) is 0 Å². The van der Waals surface area contributed by atoms with Gasteiger partial charge >= 0.3 is 0 Å². The van der Waals surface area contributed by atoms with E-state index in [1.165, 1.54) is 0 Å². The molecule has 0 fully saturated rings. The minimum atomic E-state index is 0. The van der Waals surface area contributed by atoms with Crippen LogP contribution in [0.3, 0.4) is 0 Å². The summed E-state index contributed by atoms with van der Waals surface area (Å²) in [6.45, 7) is 0. The van der Waals surface area contributed by atoms with Crippen molar-refractivity contribution in [1.82, 2.24) is 0 Å². The minimum absolute atomic E-state index is 0. The fourth-order valence-corrected chi connectivity index (χ4v) is 0. The number of hydrogen-bond acceptors (Lipinski definition) is 0. The zero-order chi connectivity index (χ0) is 6.00. The van der Waals surface area contributed by atoms with Gasteiger partial charge in [0.05, 0.1) is 0 Å². The monoisotopic (exact) mass is 210 g/mol. The van der Waals surface area contributed by atoms with Crippen molar-refractivity contribution >= 4 is 34.8 Å². The topological polar surface area (TPSA) is 0 Å². The van der Waals surface area contributed by atoms with Crippen LogP contribution in [0.5, 0.6) is 0 Å². The molecule has 4 heteroatoms. The minimum Gasteiger partial charge on any atom is -0.352 e. The van der Waals surface area contributed by atoms with Crippen molar-refractivity contribution in [2.45, 2.75) is 0 Å². The zero-order valence-electron chi connectivity index (χ0n) is 3.56. The Bertz CT molecular complexity index is 10.1. The molecule has 0 unspecified atom stereocenters. The molecular formula is C3H6Cl3Cu-3. The molecule has 0 aromatic carbocycles. The first-order valence-corrected chi connectivity index (χ1v) is 2.41. The maximum atomic E-state index is 4.39. The largest absolute Gasteiger partial charge is 0.352 e. The average molecular weight is 212 g/mol. The molecule has 0 aromatic heterocycles. The third-order valence-corrected chi connectivity index (χ3v) is 0. The Morgan fingerprint density at radius 3 is 0.571 bits per heavy atom. The van der Waals surface area contributed by atoms with E-state index in [0.29, 0.717) is 0 Å². The molecule has 0 saturated carbocycles. The van der Waals surface area contributed by atoms with E-state index in [2.05, 4.69) is 54.0 Å². The standard InChI is InChI=1S/3CH2Cl.Cu/c3*1-2;/h3*1H2;/q3*-1;. The maximum Gasteiger partial charge on any atom is 0 e. The average Bonchev–Trinajstić information content (AvgIpc) is 1.81. The zero-order valence-corrected chi connectivity index (χ0v) is 6.77. The summed E-state index contributed by atoms with van der Waals surface area (Å²) in [5.74, 6) is 0. The third-order valence-electron chi connectivity index (χ3n) is 0. The molecule has 7 heavy (non-hydrogen) atoms. The van der Waals surface area contributed by atoms with E-state index < -0.39 is 0 Å². The summed E-state index contributed by atoms with van der Waals surface area (Å²) in [4.78, 5) is 0. The predicted molar refractivity (Wildman–Crippen MR) is 33.6 cm³/mol. The van der Waals surface area contributed by atoms with Crippen LogP contribution in [0.25, 0.3) is 0 Å². The van der Waals surface area contributed by atoms with Gasteiger partial charge in [0.15, 0.2) is 0 Å². The molecule has 0 aliphatic carbocycles. The summed E-state index contributed by atoms with van der Waals surface area (Å²) in [6.07, 6.45) is 8.17. The van der Waals surface area contributed by atoms with Gasteiger partial charge in [0.2, 0.25) is 0 Å². The molecule has 0 N–H and O–H groups in total. The normalized spacial score (nSPS) is 2.57. The quantitative estimate of drug-likeness (QED) is 0.427. The van der Waals surface area contributed by atoms with Crippen LogP contribution in [-0.2, 0) is 17.1 Å². The van der Waals surface area contributed by atoms with Crippen LogP contribution < -0.4 is 0 Å². The summed E-state index contributed by atoms with van der Waals surface area (Å²) in [5, 5.41) is 0. The van der Waals surface area contributed by atoms with Crippen LogP contribution in [0.1, 0.15) is 0 Å². The van der Waals surface area contributed by atoms with Crippen molar-refractivity contribution in [3.8, 4) is 0 Å². The van der Waals surface area contributed by atoms with E-state index in [0.717, 1.165) is 0 Å². The van der Waals surface area contributed by atoms with Crippen LogP contribution in [0, 0.1) is 19.1 Å². The Labute approximate surface area is 71.0 Å². The fourth-order valence-electron chi connectivity index (χ4n) is 0. The Balaban J connectivity index is -0.00000000900. The van der Waals surface area contributed by atoms with Gasteiger partial charge in [-0.15, -0.1) is 0 Å². The van der Waals surface area contributed by atoms with Gasteiger partial charge in [-0.3, -0.25) is 19.1 Å². The van der Waals surface area contributed by atoms with Crippen LogP contribution in [0.4, 0.5) is 0 Å². The second-order valence-electron chi connectivity index (χ2n) is 0. The number of halogens is 3. The molecule has 0 aliphatic rings. The van der Waals surface area contributed by atoms with E-state index in [4.69, 9.17) is 0 Å². The Kier molecular flexibility index (Phi) is 531.